The van der Waals surface area contributed by atoms with Gasteiger partial charge in [-0.25, -0.2) is 0 Å². The van der Waals surface area contributed by atoms with E-state index in [1.165, 1.54) is 6.92 Å². The fourth-order valence-corrected chi connectivity index (χ4v) is 0.786. The zero-order valence-electron chi connectivity index (χ0n) is 6.57. The number of hydrogen-bond donors (Lipinski definition) is 1. The summed E-state index contributed by atoms with van der Waals surface area (Å²) in [6.07, 6.45) is -5.31. The van der Waals surface area contributed by atoms with Gasteiger partial charge in [-0.05, 0) is 6.42 Å². The van der Waals surface area contributed by atoms with Crippen LogP contribution >= 0.6 is 0 Å². The molecule has 0 aliphatic heterocycles. The molecule has 6 heteroatoms. The fraction of sp³-hybridized carbons (Fsp3) is 0.833. The summed E-state index contributed by atoms with van der Waals surface area (Å²) in [4.78, 5) is 10.2. The number of carbonyl (C=O) groups is 1. The van der Waals surface area contributed by atoms with Gasteiger partial charge in [0, 0.05) is 6.42 Å². The Morgan fingerprint density at radius 1 is 1.50 bits per heavy atom. The van der Waals surface area contributed by atoms with Crippen LogP contribution in [0.5, 0.6) is 0 Å². The Bertz CT molecular complexity index is 180. The molecule has 0 bridgehead atoms. The lowest BCUT2D eigenvalue weighted by atomic mass is 9.94. The van der Waals surface area contributed by atoms with Crippen LogP contribution in [0.1, 0.15) is 19.8 Å². The van der Waals surface area contributed by atoms with Crippen LogP contribution in [0.3, 0.4) is 0 Å². The Balaban J connectivity index is 4.75. The van der Waals surface area contributed by atoms with Crippen LogP contribution in [0.2, 0.25) is 0 Å². The van der Waals surface area contributed by atoms with Crippen molar-refractivity contribution in [2.75, 3.05) is 0 Å². The number of halogens is 3. The van der Waals surface area contributed by atoms with Gasteiger partial charge >= 0.3 is 6.18 Å². The van der Waals surface area contributed by atoms with Crippen LogP contribution in [0.4, 0.5) is 13.2 Å². The lowest BCUT2D eigenvalue weighted by molar-refractivity contribution is -0.540. The number of carbonyl (C=O) groups excluding carboxylic acids is 1. The summed E-state index contributed by atoms with van der Waals surface area (Å²) in [6.45, 7) is 1.45. The van der Waals surface area contributed by atoms with E-state index in [0.29, 0.717) is 0 Å². The van der Waals surface area contributed by atoms with Crippen LogP contribution in [0.25, 0.3) is 0 Å². The first-order valence-electron chi connectivity index (χ1n) is 3.39. The van der Waals surface area contributed by atoms with Crippen molar-refractivity contribution in [3.63, 3.8) is 0 Å². The minimum atomic E-state index is -4.85. The Labute approximate surface area is 67.4 Å². The average Bonchev–Trinajstić information content (AvgIpc) is 1.85. The van der Waals surface area contributed by atoms with Gasteiger partial charge in [-0.15, -0.1) is 0 Å². The molecule has 0 aromatic carbocycles. The van der Waals surface area contributed by atoms with E-state index in [1.54, 1.807) is 0 Å². The second-order valence-corrected chi connectivity index (χ2v) is 2.62. The zero-order chi connectivity index (χ0) is 9.99. The number of hydrogen-bond acceptors (Lipinski definition) is 2. The molecule has 0 heterocycles. The minimum Gasteiger partial charge on any atom is -0.543 e. The van der Waals surface area contributed by atoms with E-state index in [-0.39, 0.29) is 6.42 Å². The third-order valence-corrected chi connectivity index (χ3v) is 1.61. The van der Waals surface area contributed by atoms with Gasteiger partial charge in [-0.1, -0.05) is 6.92 Å². The van der Waals surface area contributed by atoms with Crippen LogP contribution < -0.4 is 10.8 Å². The molecule has 72 valence electrons. The fourth-order valence-electron chi connectivity index (χ4n) is 0.786. The second kappa shape index (κ2) is 3.30. The van der Waals surface area contributed by atoms with Gasteiger partial charge in [0.05, 0.1) is 0 Å². The van der Waals surface area contributed by atoms with Crippen molar-refractivity contribution in [2.45, 2.75) is 31.5 Å². The van der Waals surface area contributed by atoms with E-state index >= 15 is 0 Å². The molecule has 3 nitrogen and oxygen atoms in total. The van der Waals surface area contributed by atoms with E-state index < -0.39 is 24.1 Å². The topological polar surface area (TPSA) is 67.8 Å². The predicted molar refractivity (Wildman–Crippen MR) is 31.6 cm³/mol. The SMILES string of the molecule is CCC[C@]([NH3+])(C(=O)[O-])C(F)(F)F. The quantitative estimate of drug-likeness (QED) is 0.617. The van der Waals surface area contributed by atoms with Gasteiger partial charge in [0.2, 0.25) is 5.54 Å². The van der Waals surface area contributed by atoms with Crippen molar-refractivity contribution in [1.29, 1.82) is 0 Å². The Kier molecular flexibility index (Phi) is 3.09. The Hall–Kier alpha value is -0.780. The summed E-state index contributed by atoms with van der Waals surface area (Å²) >= 11 is 0. The molecular formula is C6H10F3NO2. The number of rotatable bonds is 3. The first kappa shape index (κ1) is 11.2. The van der Waals surface area contributed by atoms with E-state index in [9.17, 15) is 23.1 Å². The van der Waals surface area contributed by atoms with Crippen molar-refractivity contribution in [3.05, 3.63) is 0 Å². The summed E-state index contributed by atoms with van der Waals surface area (Å²) < 4.78 is 36.2. The lowest BCUT2D eigenvalue weighted by Gasteiger charge is -2.28. The third-order valence-electron chi connectivity index (χ3n) is 1.61. The zero-order valence-corrected chi connectivity index (χ0v) is 6.57. The van der Waals surface area contributed by atoms with Gasteiger partial charge in [0.25, 0.3) is 0 Å². The number of carboxylic acids is 1. The van der Waals surface area contributed by atoms with E-state index in [0.717, 1.165) is 0 Å². The molecule has 0 aromatic heterocycles. The van der Waals surface area contributed by atoms with E-state index in [4.69, 9.17) is 0 Å². The summed E-state index contributed by atoms with van der Waals surface area (Å²) in [5, 5.41) is 10.2. The maximum absolute atomic E-state index is 12.1. The average molecular weight is 185 g/mol. The summed E-state index contributed by atoms with van der Waals surface area (Å²) in [5.41, 5.74) is -0.314. The van der Waals surface area contributed by atoms with Gasteiger partial charge in [-0.3, -0.25) is 0 Å². The molecule has 12 heavy (non-hydrogen) atoms. The molecule has 0 aliphatic carbocycles. The first-order valence-corrected chi connectivity index (χ1v) is 3.39. The molecule has 0 aliphatic rings. The molecule has 3 N–H and O–H groups in total. The molecule has 1 atom stereocenters. The molecule has 0 unspecified atom stereocenters. The van der Waals surface area contributed by atoms with Gasteiger partial charge < -0.3 is 15.6 Å². The van der Waals surface area contributed by atoms with Gasteiger partial charge in [-0.2, -0.15) is 13.2 Å². The maximum atomic E-state index is 12.1. The largest absolute Gasteiger partial charge is 0.543 e. The maximum Gasteiger partial charge on any atom is 0.450 e. The summed E-state index contributed by atoms with van der Waals surface area (Å²) in [5.74, 6) is -2.17. The van der Waals surface area contributed by atoms with Crippen molar-refractivity contribution >= 4 is 5.97 Å². The van der Waals surface area contributed by atoms with Crippen LogP contribution in [0, 0.1) is 0 Å². The standard InChI is InChI=1S/C6H10F3NO2/c1-2-3-5(10,4(11)12)6(7,8)9/h2-3,10H2,1H3,(H,11,12)/t5-/m0/s1. The lowest BCUT2D eigenvalue weighted by Crippen LogP contribution is -2.85. The molecule has 0 rings (SSSR count). The van der Waals surface area contributed by atoms with Crippen LogP contribution in [-0.2, 0) is 4.79 Å². The number of carboxylic acid groups (broad SMARTS) is 1. The molecular weight excluding hydrogens is 175 g/mol. The normalized spacial score (nSPS) is 17.1. The van der Waals surface area contributed by atoms with E-state index in [1.807, 2.05) is 0 Å². The second-order valence-electron chi connectivity index (χ2n) is 2.62. The Morgan fingerprint density at radius 2 is 1.92 bits per heavy atom. The minimum absolute atomic E-state index is 0.0942. The highest BCUT2D eigenvalue weighted by Crippen LogP contribution is 2.29. The molecule has 0 aromatic rings. The number of quaternary nitrogens is 1. The highest BCUT2D eigenvalue weighted by atomic mass is 19.4. The molecule has 0 spiro atoms. The number of alkyl halides is 3. The summed E-state index contributed by atoms with van der Waals surface area (Å²) in [6, 6.07) is 0. The number of aliphatic carboxylic acids is 1. The predicted octanol–water partition coefficient (Wildman–Crippen LogP) is -0.921. The third kappa shape index (κ3) is 1.88. The van der Waals surface area contributed by atoms with Crippen LogP contribution in [0.15, 0.2) is 0 Å². The van der Waals surface area contributed by atoms with Crippen molar-refractivity contribution in [3.8, 4) is 0 Å². The van der Waals surface area contributed by atoms with Crippen molar-refractivity contribution in [2.24, 2.45) is 0 Å². The molecule has 0 radical (unpaired) electrons. The smallest absolute Gasteiger partial charge is 0.450 e. The van der Waals surface area contributed by atoms with Crippen molar-refractivity contribution in [1.82, 2.24) is 0 Å². The molecule has 0 saturated carbocycles. The van der Waals surface area contributed by atoms with Gasteiger partial charge in [0.15, 0.2) is 0 Å². The monoisotopic (exact) mass is 185 g/mol. The van der Waals surface area contributed by atoms with Crippen molar-refractivity contribution < 1.29 is 28.8 Å². The van der Waals surface area contributed by atoms with Gasteiger partial charge in [0.1, 0.15) is 5.97 Å². The highest BCUT2D eigenvalue weighted by Gasteiger charge is 2.56. The molecule has 0 amide bonds. The molecule has 0 saturated heterocycles. The molecule has 0 fully saturated rings. The summed E-state index contributed by atoms with van der Waals surface area (Å²) in [7, 11) is 0. The van der Waals surface area contributed by atoms with E-state index in [2.05, 4.69) is 5.73 Å². The van der Waals surface area contributed by atoms with Crippen LogP contribution in [-0.4, -0.2) is 17.7 Å². The highest BCUT2D eigenvalue weighted by molar-refractivity contribution is 5.75. The Morgan fingerprint density at radius 3 is 2.00 bits per heavy atom. The first-order chi connectivity index (χ1) is 5.25.